The third-order valence-electron chi connectivity index (χ3n) is 3.54. The third-order valence-corrected chi connectivity index (χ3v) is 3.54. The van der Waals surface area contributed by atoms with E-state index in [1.54, 1.807) is 6.20 Å². The first-order valence-corrected chi connectivity index (χ1v) is 6.77. The van der Waals surface area contributed by atoms with Crippen LogP contribution >= 0.6 is 0 Å². The van der Waals surface area contributed by atoms with E-state index in [-0.39, 0.29) is 5.91 Å². The summed E-state index contributed by atoms with van der Waals surface area (Å²) in [4.78, 5) is 20.6. The number of nitrogens with zero attached hydrogens (tertiary/aromatic N) is 3. The lowest BCUT2D eigenvalue weighted by atomic mass is 10.2. The number of aromatic nitrogens is 1. The van der Waals surface area contributed by atoms with Gasteiger partial charge < -0.3 is 15.1 Å². The molecule has 104 valence electrons. The fourth-order valence-electron chi connectivity index (χ4n) is 2.37. The second-order valence-corrected chi connectivity index (χ2v) is 5.12. The van der Waals surface area contributed by atoms with Crippen molar-refractivity contribution >= 4 is 11.6 Å². The van der Waals surface area contributed by atoms with E-state index in [9.17, 15) is 4.79 Å². The maximum Gasteiger partial charge on any atom is 0.272 e. The number of hydrogen-bond donors (Lipinski definition) is 1. The lowest BCUT2D eigenvalue weighted by molar-refractivity contribution is 0.0777. The summed E-state index contributed by atoms with van der Waals surface area (Å²) in [7, 11) is 4.12. The topological polar surface area (TPSA) is 48.5 Å². The van der Waals surface area contributed by atoms with Gasteiger partial charge in [-0.1, -0.05) is 0 Å². The van der Waals surface area contributed by atoms with Gasteiger partial charge in [-0.3, -0.25) is 9.78 Å². The summed E-state index contributed by atoms with van der Waals surface area (Å²) in [5.41, 5.74) is 1.47. The molecule has 0 aromatic carbocycles. The summed E-state index contributed by atoms with van der Waals surface area (Å²) >= 11 is 0. The van der Waals surface area contributed by atoms with Gasteiger partial charge in [-0.25, -0.2) is 0 Å². The Morgan fingerprint density at radius 3 is 3.00 bits per heavy atom. The molecule has 0 aliphatic carbocycles. The highest BCUT2D eigenvalue weighted by molar-refractivity contribution is 5.93. The molecule has 1 atom stereocenters. The highest BCUT2D eigenvalue weighted by Gasteiger charge is 2.28. The van der Waals surface area contributed by atoms with Gasteiger partial charge in [-0.15, -0.1) is 0 Å². The van der Waals surface area contributed by atoms with E-state index < -0.39 is 0 Å². The van der Waals surface area contributed by atoms with Crippen LogP contribution in [0, 0.1) is 0 Å². The Morgan fingerprint density at radius 1 is 1.58 bits per heavy atom. The van der Waals surface area contributed by atoms with Crippen LogP contribution in [0.1, 0.15) is 23.8 Å². The minimum atomic E-state index is 0.0316. The first kappa shape index (κ1) is 13.8. The standard InChI is InChI=1S/C14H22N4O/c1-4-15-11-5-7-16-13(9-11)14(19)18-8-6-12(10-18)17(2)3/h5,7,9,12H,4,6,8,10H2,1-3H3,(H,15,16). The molecular weight excluding hydrogens is 240 g/mol. The van der Waals surface area contributed by atoms with Crippen molar-refractivity contribution in [2.75, 3.05) is 39.0 Å². The summed E-state index contributed by atoms with van der Waals surface area (Å²) in [6.45, 7) is 4.47. The van der Waals surface area contributed by atoms with Gasteiger partial charge in [0.2, 0.25) is 0 Å². The van der Waals surface area contributed by atoms with E-state index in [4.69, 9.17) is 0 Å². The van der Waals surface area contributed by atoms with E-state index in [2.05, 4.69) is 29.3 Å². The van der Waals surface area contributed by atoms with E-state index in [1.807, 2.05) is 24.0 Å². The van der Waals surface area contributed by atoms with Gasteiger partial charge in [0.05, 0.1) is 0 Å². The van der Waals surface area contributed by atoms with Crippen LogP contribution in [0.5, 0.6) is 0 Å². The summed E-state index contributed by atoms with van der Waals surface area (Å²) in [5, 5.41) is 3.20. The number of carbonyl (C=O) groups is 1. The van der Waals surface area contributed by atoms with Gasteiger partial charge in [0.15, 0.2) is 0 Å². The zero-order valence-corrected chi connectivity index (χ0v) is 11.9. The number of amides is 1. The summed E-state index contributed by atoms with van der Waals surface area (Å²) < 4.78 is 0. The molecule has 1 N–H and O–H groups in total. The van der Waals surface area contributed by atoms with Crippen molar-refractivity contribution in [1.29, 1.82) is 0 Å². The van der Waals surface area contributed by atoms with Gasteiger partial charge in [0.1, 0.15) is 5.69 Å². The number of carbonyl (C=O) groups excluding carboxylic acids is 1. The molecular formula is C14H22N4O. The van der Waals surface area contributed by atoms with E-state index in [0.29, 0.717) is 11.7 Å². The van der Waals surface area contributed by atoms with Crippen LogP contribution in [0.2, 0.25) is 0 Å². The van der Waals surface area contributed by atoms with E-state index in [0.717, 1.165) is 31.7 Å². The molecule has 19 heavy (non-hydrogen) atoms. The Balaban J connectivity index is 2.06. The van der Waals surface area contributed by atoms with Gasteiger partial charge >= 0.3 is 0 Å². The number of nitrogens with one attached hydrogen (secondary N) is 1. The molecule has 1 aliphatic rings. The van der Waals surface area contributed by atoms with Crippen molar-refractivity contribution in [2.24, 2.45) is 0 Å². The highest BCUT2D eigenvalue weighted by Crippen LogP contribution is 2.17. The van der Waals surface area contributed by atoms with Crippen LogP contribution in [0.4, 0.5) is 5.69 Å². The zero-order valence-electron chi connectivity index (χ0n) is 11.9. The highest BCUT2D eigenvalue weighted by atomic mass is 16.2. The van der Waals surface area contributed by atoms with Crippen molar-refractivity contribution in [1.82, 2.24) is 14.8 Å². The van der Waals surface area contributed by atoms with Crippen molar-refractivity contribution in [3.05, 3.63) is 24.0 Å². The summed E-state index contributed by atoms with van der Waals surface area (Å²) in [5.74, 6) is 0.0316. The predicted octanol–water partition coefficient (Wildman–Crippen LogP) is 1.29. The van der Waals surface area contributed by atoms with Gasteiger partial charge in [-0.2, -0.15) is 0 Å². The fourth-order valence-corrected chi connectivity index (χ4v) is 2.37. The van der Waals surface area contributed by atoms with Gasteiger partial charge in [0.25, 0.3) is 5.91 Å². The third kappa shape index (κ3) is 3.23. The van der Waals surface area contributed by atoms with Crippen LogP contribution in [0.15, 0.2) is 18.3 Å². The molecule has 5 nitrogen and oxygen atoms in total. The van der Waals surface area contributed by atoms with Crippen LogP contribution in [-0.4, -0.2) is 60.5 Å². The smallest absolute Gasteiger partial charge is 0.272 e. The number of anilines is 1. The molecule has 0 radical (unpaired) electrons. The molecule has 1 aromatic rings. The second kappa shape index (κ2) is 6.02. The number of hydrogen-bond acceptors (Lipinski definition) is 4. The molecule has 0 saturated carbocycles. The SMILES string of the molecule is CCNc1ccnc(C(=O)N2CCC(N(C)C)C2)c1. The second-order valence-electron chi connectivity index (χ2n) is 5.12. The number of pyridine rings is 1. The maximum absolute atomic E-state index is 12.4. The van der Waals surface area contributed by atoms with E-state index in [1.165, 1.54) is 0 Å². The van der Waals surface area contributed by atoms with Crippen molar-refractivity contribution in [2.45, 2.75) is 19.4 Å². The average molecular weight is 262 g/mol. The Labute approximate surface area is 114 Å². The first-order valence-electron chi connectivity index (χ1n) is 6.77. The summed E-state index contributed by atoms with van der Waals surface area (Å²) in [6.07, 6.45) is 2.72. The normalized spacial score (nSPS) is 18.9. The largest absolute Gasteiger partial charge is 0.385 e. The van der Waals surface area contributed by atoms with Crippen molar-refractivity contribution in [3.8, 4) is 0 Å². The average Bonchev–Trinajstić information content (AvgIpc) is 2.88. The van der Waals surface area contributed by atoms with Crippen LogP contribution in [-0.2, 0) is 0 Å². The Hall–Kier alpha value is -1.62. The first-order chi connectivity index (χ1) is 9.11. The molecule has 1 amide bonds. The molecule has 5 heteroatoms. The molecule has 1 fully saturated rings. The van der Waals surface area contributed by atoms with Gasteiger partial charge in [0, 0.05) is 37.6 Å². The number of likely N-dealkylation sites (tertiary alicyclic amines) is 1. The van der Waals surface area contributed by atoms with Crippen LogP contribution in [0.25, 0.3) is 0 Å². The molecule has 1 unspecified atom stereocenters. The molecule has 2 heterocycles. The number of likely N-dealkylation sites (N-methyl/N-ethyl adjacent to an activating group) is 1. The monoisotopic (exact) mass is 262 g/mol. The Morgan fingerprint density at radius 2 is 2.37 bits per heavy atom. The quantitative estimate of drug-likeness (QED) is 0.888. The van der Waals surface area contributed by atoms with Crippen molar-refractivity contribution in [3.63, 3.8) is 0 Å². The molecule has 1 saturated heterocycles. The number of rotatable bonds is 4. The molecule has 1 aromatic heterocycles. The fraction of sp³-hybridized carbons (Fsp3) is 0.571. The molecule has 0 spiro atoms. The van der Waals surface area contributed by atoms with Crippen LogP contribution in [0.3, 0.4) is 0 Å². The molecule has 2 rings (SSSR count). The summed E-state index contributed by atoms with van der Waals surface area (Å²) in [6, 6.07) is 4.17. The predicted molar refractivity (Wildman–Crippen MR) is 76.4 cm³/mol. The molecule has 1 aliphatic heterocycles. The van der Waals surface area contributed by atoms with Crippen LogP contribution < -0.4 is 5.32 Å². The Bertz CT molecular complexity index is 447. The minimum absolute atomic E-state index is 0.0316. The van der Waals surface area contributed by atoms with Gasteiger partial charge in [-0.05, 0) is 39.6 Å². The lowest BCUT2D eigenvalue weighted by Gasteiger charge is -2.20. The lowest BCUT2D eigenvalue weighted by Crippen LogP contribution is -2.34. The minimum Gasteiger partial charge on any atom is -0.385 e. The van der Waals surface area contributed by atoms with Crippen molar-refractivity contribution < 1.29 is 4.79 Å². The van der Waals surface area contributed by atoms with E-state index >= 15 is 0 Å². The zero-order chi connectivity index (χ0) is 13.8. The molecule has 0 bridgehead atoms. The Kier molecular flexibility index (Phi) is 4.37. The maximum atomic E-state index is 12.4.